The Kier molecular flexibility index (Phi) is 13.3. The molecule has 48 heavy (non-hydrogen) atoms. The molecule has 16 heteroatoms. The summed E-state index contributed by atoms with van der Waals surface area (Å²) >= 11 is 0. The summed E-state index contributed by atoms with van der Waals surface area (Å²) in [5, 5.41) is 18.3. The normalized spacial score (nSPS) is 11.9. The number of benzene rings is 2. The van der Waals surface area contributed by atoms with Crippen LogP contribution < -0.4 is 42.0 Å². The lowest BCUT2D eigenvalue weighted by Gasteiger charge is -2.18. The Labute approximate surface area is 277 Å². The molecule has 0 fully saturated rings. The lowest BCUT2D eigenvalue weighted by atomic mass is 9.95. The van der Waals surface area contributed by atoms with E-state index in [9.17, 15) is 19.2 Å². The number of Topliss-reactive ketones (excluding diaryl/α,β-unsaturated/α-hetero) is 1. The summed E-state index contributed by atoms with van der Waals surface area (Å²) < 4.78 is 21.8. The Bertz CT molecular complexity index is 1650. The van der Waals surface area contributed by atoms with Crippen molar-refractivity contribution in [3.8, 4) is 39.6 Å². The number of ether oxygens (including phenoxy) is 3. The molecule has 1 aromatic heterocycles. The highest BCUT2D eigenvalue weighted by atomic mass is 16.5. The summed E-state index contributed by atoms with van der Waals surface area (Å²) in [4.78, 5) is 53.4. The molecular formula is C32H41N7O9. The zero-order valence-electron chi connectivity index (χ0n) is 27.2. The van der Waals surface area contributed by atoms with E-state index < -0.39 is 48.5 Å². The first-order valence-electron chi connectivity index (χ1n) is 14.9. The number of anilines is 1. The zero-order valence-corrected chi connectivity index (χ0v) is 27.2. The lowest BCUT2D eigenvalue weighted by Crippen LogP contribution is -2.44. The van der Waals surface area contributed by atoms with Gasteiger partial charge in [-0.25, -0.2) is 0 Å². The van der Waals surface area contributed by atoms with Gasteiger partial charge in [0.15, 0.2) is 23.2 Å². The van der Waals surface area contributed by atoms with Gasteiger partial charge in [0.25, 0.3) is 0 Å². The SMILES string of the molecule is COc1ccc(-c2conc2-c2cc(C)c(OC)c(OC)c2)cc1NC(=O)C(CCCN=C(N)N)CC(=O)CNC(=O)C(N)CC(=O)O. The topological polar surface area (TPSA) is 257 Å². The number of ketones is 1. The largest absolute Gasteiger partial charge is 0.495 e. The second kappa shape index (κ2) is 17.3. The second-order valence-electron chi connectivity index (χ2n) is 10.8. The average Bonchev–Trinajstić information content (AvgIpc) is 3.54. The molecule has 0 bridgehead atoms. The van der Waals surface area contributed by atoms with E-state index in [-0.39, 0.29) is 25.3 Å². The number of aliphatic imine (C=N–C) groups is 1. The summed E-state index contributed by atoms with van der Waals surface area (Å²) in [5.74, 6) is -2.47. The summed E-state index contributed by atoms with van der Waals surface area (Å²) in [7, 11) is 4.55. The molecule has 3 aromatic rings. The summed E-state index contributed by atoms with van der Waals surface area (Å²) in [6.45, 7) is 1.67. The van der Waals surface area contributed by atoms with Gasteiger partial charge in [-0.05, 0) is 55.2 Å². The monoisotopic (exact) mass is 667 g/mol. The Hall–Kier alpha value is -5.64. The van der Waals surface area contributed by atoms with Crippen LogP contribution >= 0.6 is 0 Å². The number of carbonyl (C=O) groups is 4. The Morgan fingerprint density at radius 2 is 1.71 bits per heavy atom. The third-order valence-electron chi connectivity index (χ3n) is 7.32. The van der Waals surface area contributed by atoms with Gasteiger partial charge in [-0.15, -0.1) is 0 Å². The first-order chi connectivity index (χ1) is 22.9. The Morgan fingerprint density at radius 1 is 0.979 bits per heavy atom. The minimum atomic E-state index is -1.32. The Morgan fingerprint density at radius 3 is 2.35 bits per heavy atom. The van der Waals surface area contributed by atoms with Gasteiger partial charge in [0.1, 0.15) is 17.7 Å². The predicted octanol–water partition coefficient (Wildman–Crippen LogP) is 1.83. The van der Waals surface area contributed by atoms with Crippen molar-refractivity contribution in [2.45, 2.75) is 38.6 Å². The molecule has 3 rings (SSSR count). The van der Waals surface area contributed by atoms with Crippen molar-refractivity contribution >= 4 is 35.2 Å². The molecule has 0 saturated carbocycles. The number of aromatic nitrogens is 1. The minimum Gasteiger partial charge on any atom is -0.495 e. The first-order valence-corrected chi connectivity index (χ1v) is 14.9. The molecule has 0 radical (unpaired) electrons. The van der Waals surface area contributed by atoms with Crippen LogP contribution in [0.1, 0.15) is 31.2 Å². The fourth-order valence-electron chi connectivity index (χ4n) is 4.97. The molecule has 0 spiro atoms. The van der Waals surface area contributed by atoms with Crippen molar-refractivity contribution in [2.75, 3.05) is 39.7 Å². The number of nitrogens with two attached hydrogens (primary N) is 3. The van der Waals surface area contributed by atoms with Crippen LogP contribution in [0, 0.1) is 12.8 Å². The third kappa shape index (κ3) is 9.93. The standard InChI is InChI=1S/C32H41N7O9/c1-17-10-20(13-26(46-3)29(17)47-4)28-22(16-48-39-28)18-7-8-25(45-2)24(12-18)38-30(43)19(6-5-9-36-32(34)35)11-21(40)15-37-31(44)23(33)14-27(41)42/h7-8,10,12-13,16,19,23H,5-6,9,11,14-15,33H2,1-4H3,(H,37,44)(H,38,43)(H,41,42)(H4,34,35,36). The van der Waals surface area contributed by atoms with Crippen LogP contribution in [0.15, 0.2) is 46.1 Å². The molecule has 2 atom stereocenters. The van der Waals surface area contributed by atoms with Crippen LogP contribution in [-0.4, -0.2) is 80.3 Å². The number of hydrogen-bond donors (Lipinski definition) is 6. The number of aryl methyl sites for hydroxylation is 1. The molecule has 0 aliphatic heterocycles. The smallest absolute Gasteiger partial charge is 0.305 e. The van der Waals surface area contributed by atoms with Crippen LogP contribution in [0.3, 0.4) is 0 Å². The van der Waals surface area contributed by atoms with Gasteiger partial charge in [0.05, 0.1) is 46.0 Å². The van der Waals surface area contributed by atoms with Gasteiger partial charge in [0.2, 0.25) is 11.8 Å². The molecule has 16 nitrogen and oxygen atoms in total. The maximum Gasteiger partial charge on any atom is 0.305 e. The third-order valence-corrected chi connectivity index (χ3v) is 7.32. The van der Waals surface area contributed by atoms with E-state index >= 15 is 0 Å². The maximum absolute atomic E-state index is 13.6. The number of carboxylic acid groups (broad SMARTS) is 1. The van der Waals surface area contributed by atoms with Gasteiger partial charge < -0.3 is 51.7 Å². The molecule has 2 unspecified atom stereocenters. The van der Waals surface area contributed by atoms with Crippen LogP contribution in [0.25, 0.3) is 22.4 Å². The van der Waals surface area contributed by atoms with Crippen molar-refractivity contribution in [1.29, 1.82) is 0 Å². The fraction of sp³-hybridized carbons (Fsp3) is 0.375. The van der Waals surface area contributed by atoms with Crippen LogP contribution in [0.5, 0.6) is 17.2 Å². The molecule has 0 aliphatic carbocycles. The average molecular weight is 668 g/mol. The molecular weight excluding hydrogens is 626 g/mol. The van der Waals surface area contributed by atoms with E-state index in [1.54, 1.807) is 38.5 Å². The highest BCUT2D eigenvalue weighted by Crippen LogP contribution is 2.40. The molecule has 258 valence electrons. The molecule has 9 N–H and O–H groups in total. The van der Waals surface area contributed by atoms with Crippen molar-refractivity contribution < 1.29 is 43.0 Å². The molecule has 2 amide bonds. The number of amides is 2. The second-order valence-corrected chi connectivity index (χ2v) is 10.8. The van der Waals surface area contributed by atoms with Gasteiger partial charge >= 0.3 is 5.97 Å². The van der Waals surface area contributed by atoms with Crippen LogP contribution in [0.2, 0.25) is 0 Å². The molecule has 2 aromatic carbocycles. The van der Waals surface area contributed by atoms with E-state index in [1.807, 2.05) is 13.0 Å². The summed E-state index contributed by atoms with van der Waals surface area (Å²) in [5.41, 5.74) is 20.0. The maximum atomic E-state index is 13.6. The van der Waals surface area contributed by atoms with E-state index in [0.29, 0.717) is 51.7 Å². The van der Waals surface area contributed by atoms with Crippen molar-refractivity contribution in [2.24, 2.45) is 28.1 Å². The number of carbonyl (C=O) groups excluding carboxylic acids is 3. The number of guanidine groups is 1. The Balaban J connectivity index is 1.86. The number of aliphatic carboxylic acids is 1. The first kappa shape index (κ1) is 36.8. The van der Waals surface area contributed by atoms with Crippen molar-refractivity contribution in [1.82, 2.24) is 10.5 Å². The van der Waals surface area contributed by atoms with E-state index in [0.717, 1.165) is 5.56 Å². The van der Waals surface area contributed by atoms with Gasteiger partial charge in [-0.3, -0.25) is 24.2 Å². The van der Waals surface area contributed by atoms with E-state index in [1.165, 1.54) is 13.4 Å². The number of methoxy groups -OCH3 is 3. The number of nitrogens with one attached hydrogen (secondary N) is 2. The number of rotatable bonds is 18. The van der Waals surface area contributed by atoms with Gasteiger partial charge in [-0.2, -0.15) is 0 Å². The highest BCUT2D eigenvalue weighted by molar-refractivity contribution is 5.98. The summed E-state index contributed by atoms with van der Waals surface area (Å²) in [6.07, 6.45) is 1.26. The zero-order chi connectivity index (χ0) is 35.4. The molecule has 0 aliphatic rings. The summed E-state index contributed by atoms with van der Waals surface area (Å²) in [6, 6.07) is 7.51. The minimum absolute atomic E-state index is 0.106. The predicted molar refractivity (Wildman–Crippen MR) is 177 cm³/mol. The van der Waals surface area contributed by atoms with E-state index in [4.69, 9.17) is 41.0 Å². The van der Waals surface area contributed by atoms with Crippen LogP contribution in [-0.2, 0) is 19.2 Å². The number of carboxylic acids is 1. The molecule has 1 heterocycles. The number of hydrogen-bond acceptors (Lipinski definition) is 11. The van der Waals surface area contributed by atoms with E-state index in [2.05, 4.69) is 20.8 Å². The number of nitrogens with zero attached hydrogens (tertiary/aromatic N) is 2. The van der Waals surface area contributed by atoms with Crippen LogP contribution in [0.4, 0.5) is 5.69 Å². The fourth-order valence-corrected chi connectivity index (χ4v) is 4.97. The van der Waals surface area contributed by atoms with Gasteiger partial charge in [-0.1, -0.05) is 11.2 Å². The molecule has 0 saturated heterocycles. The van der Waals surface area contributed by atoms with Crippen molar-refractivity contribution in [3.63, 3.8) is 0 Å². The quantitative estimate of drug-likeness (QED) is 0.0644. The van der Waals surface area contributed by atoms with Gasteiger partial charge in [0, 0.05) is 30.0 Å². The van der Waals surface area contributed by atoms with Crippen molar-refractivity contribution in [3.05, 3.63) is 42.2 Å². The highest BCUT2D eigenvalue weighted by Gasteiger charge is 2.25. The lowest BCUT2D eigenvalue weighted by molar-refractivity contribution is -0.139.